The highest BCUT2D eigenvalue weighted by atomic mass is 16.2. The van der Waals surface area contributed by atoms with Crippen molar-refractivity contribution in [1.82, 2.24) is 39.2 Å². The Morgan fingerprint density at radius 1 is 1.09 bits per heavy atom. The second-order valence-electron chi connectivity index (χ2n) is 8.18. The SMILES string of the molecule is CCn1cc(CN(C)C(=O)c2cc(-c3c(C)nn(CC)c3C)nc3c2cnn3C)c(C)n1. The fourth-order valence-corrected chi connectivity index (χ4v) is 4.20. The maximum atomic E-state index is 13.6. The first-order chi connectivity index (χ1) is 15.2. The van der Waals surface area contributed by atoms with Crippen molar-refractivity contribution < 1.29 is 4.79 Å². The molecule has 4 heterocycles. The molecule has 0 unspecified atom stereocenters. The molecule has 0 aliphatic carbocycles. The van der Waals surface area contributed by atoms with E-state index in [1.54, 1.807) is 15.8 Å². The fourth-order valence-electron chi connectivity index (χ4n) is 4.20. The van der Waals surface area contributed by atoms with Crippen LogP contribution in [0, 0.1) is 20.8 Å². The highest BCUT2D eigenvalue weighted by Gasteiger charge is 2.23. The van der Waals surface area contributed by atoms with Crippen LogP contribution in [0.4, 0.5) is 0 Å². The Kier molecular flexibility index (Phi) is 5.58. The van der Waals surface area contributed by atoms with E-state index in [2.05, 4.69) is 22.2 Å². The summed E-state index contributed by atoms with van der Waals surface area (Å²) in [7, 11) is 3.66. The molecule has 0 saturated heterocycles. The van der Waals surface area contributed by atoms with Crippen LogP contribution in [0.2, 0.25) is 0 Å². The summed E-state index contributed by atoms with van der Waals surface area (Å²) in [5, 5.41) is 14.2. The first-order valence-electron chi connectivity index (χ1n) is 10.9. The van der Waals surface area contributed by atoms with Crippen LogP contribution in [0.25, 0.3) is 22.3 Å². The Morgan fingerprint density at radius 2 is 1.84 bits per heavy atom. The van der Waals surface area contributed by atoms with Crippen LogP contribution in [-0.2, 0) is 26.7 Å². The van der Waals surface area contributed by atoms with Crippen LogP contribution >= 0.6 is 0 Å². The summed E-state index contributed by atoms with van der Waals surface area (Å²) in [5.74, 6) is -0.0755. The number of hydrogen-bond acceptors (Lipinski definition) is 5. The van der Waals surface area contributed by atoms with Gasteiger partial charge in [0.2, 0.25) is 0 Å². The zero-order valence-electron chi connectivity index (χ0n) is 19.8. The molecular formula is C23H30N8O. The van der Waals surface area contributed by atoms with Crippen molar-refractivity contribution >= 4 is 16.9 Å². The van der Waals surface area contributed by atoms with Gasteiger partial charge in [-0.3, -0.25) is 18.8 Å². The Hall–Kier alpha value is -3.49. The molecule has 4 aromatic rings. The van der Waals surface area contributed by atoms with Crippen molar-refractivity contribution in [3.05, 3.63) is 46.7 Å². The van der Waals surface area contributed by atoms with Gasteiger partial charge < -0.3 is 4.90 Å². The molecule has 0 aromatic carbocycles. The number of rotatable bonds is 6. The van der Waals surface area contributed by atoms with E-state index >= 15 is 0 Å². The topological polar surface area (TPSA) is 86.7 Å². The average molecular weight is 435 g/mol. The Bertz CT molecular complexity index is 1310. The number of amides is 1. The zero-order chi connectivity index (χ0) is 23.2. The van der Waals surface area contributed by atoms with Gasteiger partial charge in [-0.15, -0.1) is 0 Å². The third-order valence-corrected chi connectivity index (χ3v) is 6.00. The van der Waals surface area contributed by atoms with Crippen molar-refractivity contribution in [2.45, 2.75) is 54.3 Å². The summed E-state index contributed by atoms with van der Waals surface area (Å²) < 4.78 is 5.56. The number of carbonyl (C=O) groups is 1. The minimum Gasteiger partial charge on any atom is -0.337 e. The largest absolute Gasteiger partial charge is 0.337 e. The lowest BCUT2D eigenvalue weighted by atomic mass is 10.0. The van der Waals surface area contributed by atoms with E-state index in [4.69, 9.17) is 4.98 Å². The van der Waals surface area contributed by atoms with Gasteiger partial charge in [-0.2, -0.15) is 15.3 Å². The van der Waals surface area contributed by atoms with Gasteiger partial charge in [-0.05, 0) is 40.7 Å². The van der Waals surface area contributed by atoms with Crippen molar-refractivity contribution in [2.75, 3.05) is 7.05 Å². The van der Waals surface area contributed by atoms with E-state index in [9.17, 15) is 4.79 Å². The number of fused-ring (bicyclic) bond motifs is 1. The molecule has 0 aliphatic heterocycles. The molecule has 9 heteroatoms. The highest BCUT2D eigenvalue weighted by molar-refractivity contribution is 6.06. The van der Waals surface area contributed by atoms with Crippen LogP contribution in [0.3, 0.4) is 0 Å². The summed E-state index contributed by atoms with van der Waals surface area (Å²) in [4.78, 5) is 20.2. The third kappa shape index (κ3) is 3.57. The summed E-state index contributed by atoms with van der Waals surface area (Å²) in [6, 6.07) is 1.88. The predicted molar refractivity (Wildman–Crippen MR) is 123 cm³/mol. The van der Waals surface area contributed by atoms with Gasteiger partial charge in [0.1, 0.15) is 0 Å². The van der Waals surface area contributed by atoms with E-state index in [0.29, 0.717) is 17.8 Å². The number of hydrogen-bond donors (Lipinski definition) is 0. The maximum Gasteiger partial charge on any atom is 0.254 e. The third-order valence-electron chi connectivity index (χ3n) is 6.00. The summed E-state index contributed by atoms with van der Waals surface area (Å²) >= 11 is 0. The summed E-state index contributed by atoms with van der Waals surface area (Å²) in [5.41, 5.74) is 6.87. The number of nitrogens with zero attached hydrogens (tertiary/aromatic N) is 8. The predicted octanol–water partition coefficient (Wildman–Crippen LogP) is 3.27. The molecule has 4 rings (SSSR count). The molecular weight excluding hydrogens is 404 g/mol. The van der Waals surface area contributed by atoms with Crippen molar-refractivity contribution in [3.8, 4) is 11.3 Å². The second-order valence-corrected chi connectivity index (χ2v) is 8.18. The van der Waals surface area contributed by atoms with Crippen molar-refractivity contribution in [1.29, 1.82) is 0 Å². The molecule has 0 bridgehead atoms. The zero-order valence-corrected chi connectivity index (χ0v) is 19.8. The molecule has 0 radical (unpaired) electrons. The van der Waals surface area contributed by atoms with Gasteiger partial charge in [0.05, 0.1) is 34.2 Å². The lowest BCUT2D eigenvalue weighted by Crippen LogP contribution is -2.26. The van der Waals surface area contributed by atoms with Crippen LogP contribution < -0.4 is 0 Å². The molecule has 0 fully saturated rings. The van der Waals surface area contributed by atoms with Gasteiger partial charge in [0.25, 0.3) is 5.91 Å². The van der Waals surface area contributed by atoms with Gasteiger partial charge in [0, 0.05) is 56.7 Å². The van der Waals surface area contributed by atoms with Crippen LogP contribution in [0.5, 0.6) is 0 Å². The van der Waals surface area contributed by atoms with E-state index in [0.717, 1.165) is 52.4 Å². The van der Waals surface area contributed by atoms with E-state index in [1.165, 1.54) is 0 Å². The number of pyridine rings is 1. The molecule has 168 valence electrons. The van der Waals surface area contributed by atoms with Crippen molar-refractivity contribution in [3.63, 3.8) is 0 Å². The second kappa shape index (κ2) is 8.22. The molecule has 0 spiro atoms. The standard InChI is InChI=1S/C23H30N8O/c1-8-30-13-17(14(3)26-30)12-28(6)23(32)18-10-20(25-22-19(18)11-24-29(22)7)21-15(4)27-31(9-2)16(21)5/h10-11,13H,8-9,12H2,1-7H3. The molecule has 4 aromatic heterocycles. The minimum atomic E-state index is -0.0755. The molecule has 1 amide bonds. The van der Waals surface area contributed by atoms with Gasteiger partial charge >= 0.3 is 0 Å². The van der Waals surface area contributed by atoms with Crippen LogP contribution in [0.15, 0.2) is 18.5 Å². The summed E-state index contributed by atoms with van der Waals surface area (Å²) in [6.45, 7) is 12.2. The van der Waals surface area contributed by atoms with Crippen LogP contribution in [-0.4, -0.2) is 52.2 Å². The maximum absolute atomic E-state index is 13.6. The average Bonchev–Trinajstić information content (AvgIpc) is 3.41. The number of aryl methyl sites for hydroxylation is 5. The normalized spacial score (nSPS) is 11.5. The van der Waals surface area contributed by atoms with Gasteiger partial charge in [-0.1, -0.05) is 0 Å². The highest BCUT2D eigenvalue weighted by Crippen LogP contribution is 2.30. The van der Waals surface area contributed by atoms with Gasteiger partial charge in [-0.25, -0.2) is 4.98 Å². The Labute approximate surface area is 187 Å². The van der Waals surface area contributed by atoms with E-state index < -0.39 is 0 Å². The minimum absolute atomic E-state index is 0.0755. The Morgan fingerprint density at radius 3 is 2.47 bits per heavy atom. The monoisotopic (exact) mass is 434 g/mol. The molecule has 0 atom stereocenters. The fraction of sp³-hybridized carbons (Fsp3) is 0.435. The lowest BCUT2D eigenvalue weighted by molar-refractivity contribution is 0.0787. The lowest BCUT2D eigenvalue weighted by Gasteiger charge is -2.18. The first kappa shape index (κ1) is 21.7. The van der Waals surface area contributed by atoms with E-state index in [1.807, 2.05) is 63.4 Å². The molecule has 32 heavy (non-hydrogen) atoms. The molecule has 0 N–H and O–H groups in total. The molecule has 0 saturated carbocycles. The Balaban J connectivity index is 1.79. The smallest absolute Gasteiger partial charge is 0.254 e. The van der Waals surface area contributed by atoms with Crippen molar-refractivity contribution in [2.24, 2.45) is 7.05 Å². The first-order valence-corrected chi connectivity index (χ1v) is 10.9. The molecule has 0 aliphatic rings. The quantitative estimate of drug-likeness (QED) is 0.465. The van der Waals surface area contributed by atoms with Crippen LogP contribution in [0.1, 0.15) is 46.9 Å². The summed E-state index contributed by atoms with van der Waals surface area (Å²) in [6.07, 6.45) is 3.71. The van der Waals surface area contributed by atoms with E-state index in [-0.39, 0.29) is 5.91 Å². The molecule has 9 nitrogen and oxygen atoms in total. The number of aromatic nitrogens is 7. The number of carbonyl (C=O) groups excluding carboxylic acids is 1. The van der Waals surface area contributed by atoms with Gasteiger partial charge in [0.15, 0.2) is 5.65 Å².